The van der Waals surface area contributed by atoms with Crippen LogP contribution in [0.15, 0.2) is 24.3 Å². The molecular weight excluding hydrogens is 280 g/mol. The maximum absolute atomic E-state index is 5.48. The van der Waals surface area contributed by atoms with Gasteiger partial charge in [-0.25, -0.2) is 0 Å². The van der Waals surface area contributed by atoms with Crippen molar-refractivity contribution in [2.45, 2.75) is 0 Å². The maximum Gasteiger partial charge on any atom is -0.693 e. The Morgan fingerprint density at radius 2 is 1.67 bits per heavy atom. The monoisotopic (exact) mass is 284 g/mol. The average molecular weight is 286 g/mol. The summed E-state index contributed by atoms with van der Waals surface area (Å²) in [5.41, 5.74) is 0. The Morgan fingerprint density at radius 3 is 1.83 bits per heavy atom. The molecule has 71 valence electrons. The first-order chi connectivity index (χ1) is 5.13. The third-order valence-corrected chi connectivity index (χ3v) is 0.906. The Balaban J connectivity index is 0. The summed E-state index contributed by atoms with van der Waals surface area (Å²) < 4.78 is 0. The van der Waals surface area contributed by atoms with Gasteiger partial charge in [-0.05, 0) is 0 Å². The van der Waals surface area contributed by atoms with Crippen LogP contribution in [0.25, 0.3) is 6.15 Å². The second kappa shape index (κ2) is 9.96. The van der Waals surface area contributed by atoms with E-state index in [1.165, 1.54) is 0 Å². The number of rotatable bonds is 0. The zero-order valence-electron chi connectivity index (χ0n) is 5.81. The largest absolute Gasteiger partial charge is 0.693 e. The molecule has 0 bridgehead atoms. The summed E-state index contributed by atoms with van der Waals surface area (Å²) in [6.07, 6.45) is 0. The smallest absolute Gasteiger partial charge is 0.693 e. The molecule has 0 aliphatic heterocycles. The van der Waals surface area contributed by atoms with Gasteiger partial charge in [0, 0.05) is 0 Å². The van der Waals surface area contributed by atoms with E-state index < -0.39 is 11.4 Å². The topological polar surface area (TPSA) is 33.5 Å². The maximum atomic E-state index is 5.48. The predicted molar refractivity (Wildman–Crippen MR) is 53.1 cm³/mol. The summed E-state index contributed by atoms with van der Waals surface area (Å²) in [6.45, 7) is 0. The van der Waals surface area contributed by atoms with Crippen molar-refractivity contribution < 1.29 is 11.4 Å². The summed E-state index contributed by atoms with van der Waals surface area (Å²) in [5.74, 6) is 0. The summed E-state index contributed by atoms with van der Waals surface area (Å²) in [7, 11) is 14.8. The molecule has 0 aromatic heterocycles. The summed E-state index contributed by atoms with van der Waals surface area (Å²) in [6, 6.07) is 10.1. The van der Waals surface area contributed by atoms with Crippen LogP contribution >= 0.6 is 41.7 Å². The second-order valence-electron chi connectivity index (χ2n) is 1.39. The van der Waals surface area contributed by atoms with E-state index >= 15 is 0 Å². The molecule has 1 rings (SSSR count). The van der Waals surface area contributed by atoms with Crippen LogP contribution in [0.4, 0.5) is 0 Å². The van der Waals surface area contributed by atoms with Gasteiger partial charge in [0.15, 0.2) is 0 Å². The molecule has 0 amide bonds. The minimum atomic E-state index is -1.62. The SMILES string of the molecule is Clc1[c-]cccc1.[Cl][Cr]([Cl])[Cl].[NH2-]. The van der Waals surface area contributed by atoms with Gasteiger partial charge < -0.3 is 6.15 Å². The number of nitrogens with two attached hydrogens (primary N) is 1. The van der Waals surface area contributed by atoms with Crippen molar-refractivity contribution in [2.24, 2.45) is 0 Å². The van der Waals surface area contributed by atoms with Crippen molar-refractivity contribution >= 4 is 41.7 Å². The summed E-state index contributed by atoms with van der Waals surface area (Å²) in [4.78, 5) is 0. The first kappa shape index (κ1) is 15.3. The zero-order valence-corrected chi connectivity index (χ0v) is 10.1. The molecule has 0 unspecified atom stereocenters. The van der Waals surface area contributed by atoms with Gasteiger partial charge in [-0.1, -0.05) is 5.02 Å². The molecule has 6 heteroatoms. The number of halogens is 4. The van der Waals surface area contributed by atoms with E-state index in [0.717, 1.165) is 0 Å². The van der Waals surface area contributed by atoms with Crippen LogP contribution in [-0.4, -0.2) is 0 Å². The molecule has 0 saturated carbocycles. The van der Waals surface area contributed by atoms with Crippen molar-refractivity contribution in [1.29, 1.82) is 0 Å². The van der Waals surface area contributed by atoms with Crippen molar-refractivity contribution in [3.05, 3.63) is 41.5 Å². The van der Waals surface area contributed by atoms with Crippen LogP contribution < -0.4 is 0 Å². The average Bonchev–Trinajstić information content (AvgIpc) is 1.87. The van der Waals surface area contributed by atoms with Crippen molar-refractivity contribution in [2.75, 3.05) is 0 Å². The molecule has 0 fully saturated rings. The van der Waals surface area contributed by atoms with Crippen LogP contribution in [0.1, 0.15) is 0 Å². The fraction of sp³-hybridized carbons (Fsp3) is 0. The van der Waals surface area contributed by atoms with Gasteiger partial charge in [-0.15, -0.1) is 11.6 Å². The van der Waals surface area contributed by atoms with Crippen molar-refractivity contribution in [1.82, 2.24) is 0 Å². The zero-order chi connectivity index (χ0) is 8.69. The molecule has 0 saturated heterocycles. The number of hydrogen-bond donors (Lipinski definition) is 0. The van der Waals surface area contributed by atoms with E-state index in [0.29, 0.717) is 5.02 Å². The molecule has 0 heterocycles. The molecule has 0 radical (unpaired) electrons. The van der Waals surface area contributed by atoms with Gasteiger partial charge >= 0.3 is 41.5 Å². The third kappa shape index (κ3) is 13.5. The summed E-state index contributed by atoms with van der Waals surface area (Å²) >= 11 is 3.86. The predicted octanol–water partition coefficient (Wildman–Crippen LogP) is 4.92. The normalized spacial score (nSPS) is 8.08. The van der Waals surface area contributed by atoms with E-state index in [9.17, 15) is 0 Å². The van der Waals surface area contributed by atoms with E-state index in [1.54, 1.807) is 12.1 Å². The first-order valence-electron chi connectivity index (χ1n) is 2.48. The molecular formula is C6H6Cl4CrN-2. The Kier molecular flexibility index (Phi) is 12.7. The van der Waals surface area contributed by atoms with E-state index in [2.05, 4.69) is 6.07 Å². The quantitative estimate of drug-likeness (QED) is 0.606. The van der Waals surface area contributed by atoms with E-state index in [4.69, 9.17) is 41.7 Å². The molecule has 0 aliphatic carbocycles. The molecule has 1 aromatic carbocycles. The third-order valence-electron chi connectivity index (χ3n) is 0.671. The van der Waals surface area contributed by atoms with Gasteiger partial charge in [0.25, 0.3) is 0 Å². The molecule has 2 N–H and O–H groups in total. The Labute approximate surface area is 94.2 Å². The second-order valence-corrected chi connectivity index (χ2v) is 8.11. The molecule has 1 aromatic rings. The van der Waals surface area contributed by atoms with Gasteiger partial charge in [0.1, 0.15) is 0 Å². The molecule has 0 spiro atoms. The summed E-state index contributed by atoms with van der Waals surface area (Å²) in [5, 5.41) is 0.669. The molecule has 0 atom stereocenters. The Morgan fingerprint density at radius 1 is 1.17 bits per heavy atom. The van der Waals surface area contributed by atoms with Gasteiger partial charge in [0.2, 0.25) is 0 Å². The van der Waals surface area contributed by atoms with E-state index in [-0.39, 0.29) is 6.15 Å². The first-order valence-corrected chi connectivity index (χ1v) is 8.12. The molecule has 0 aliphatic rings. The minimum Gasteiger partial charge on any atom is -0.693 e. The van der Waals surface area contributed by atoms with Crippen LogP contribution in [0.2, 0.25) is 5.02 Å². The molecule has 1 nitrogen and oxygen atoms in total. The Bertz CT molecular complexity index is 179. The fourth-order valence-corrected chi connectivity index (χ4v) is 0.507. The van der Waals surface area contributed by atoms with Gasteiger partial charge in [-0.3, -0.25) is 0 Å². The van der Waals surface area contributed by atoms with Crippen molar-refractivity contribution in [3.63, 3.8) is 0 Å². The van der Waals surface area contributed by atoms with Crippen LogP contribution in [0.3, 0.4) is 0 Å². The number of benzene rings is 1. The molecule has 12 heavy (non-hydrogen) atoms. The van der Waals surface area contributed by atoms with E-state index in [1.807, 2.05) is 12.1 Å². The van der Waals surface area contributed by atoms with Crippen LogP contribution in [0.5, 0.6) is 0 Å². The van der Waals surface area contributed by atoms with Crippen LogP contribution in [-0.2, 0) is 11.4 Å². The number of hydrogen-bond acceptors (Lipinski definition) is 0. The standard InChI is InChI=1S/C6H4Cl.3ClH.Cr.H2N/c7-6-4-2-1-3-5-6;;;;;/h1-4H;3*1H;;1H2/q-1;;;;+3;-1/p-3. The fourth-order valence-electron chi connectivity index (χ4n) is 0.371. The van der Waals surface area contributed by atoms with Gasteiger partial charge in [-0.2, -0.15) is 30.3 Å². The van der Waals surface area contributed by atoms with Crippen LogP contribution in [0, 0.1) is 6.07 Å². The Hall–Kier alpha value is 0.872. The van der Waals surface area contributed by atoms with Crippen molar-refractivity contribution in [3.8, 4) is 0 Å². The van der Waals surface area contributed by atoms with Gasteiger partial charge in [0.05, 0.1) is 0 Å². The minimum absolute atomic E-state index is 0.